The third-order valence-electron chi connectivity index (χ3n) is 3.34. The lowest BCUT2D eigenvalue weighted by Crippen LogP contribution is -2.44. The van der Waals surface area contributed by atoms with E-state index in [4.69, 9.17) is 0 Å². The largest absolute Gasteiger partial charge is 0.332 e. The summed E-state index contributed by atoms with van der Waals surface area (Å²) in [6.45, 7) is 6.49. The summed E-state index contributed by atoms with van der Waals surface area (Å²) in [5.74, 6) is 1.22. The lowest BCUT2D eigenvalue weighted by atomic mass is 9.95. The first-order valence-electron chi connectivity index (χ1n) is 5.94. The molecule has 0 aliphatic carbocycles. The topological polar surface area (TPSA) is 66.1 Å². The van der Waals surface area contributed by atoms with Crippen molar-refractivity contribution in [3.63, 3.8) is 0 Å². The molecule has 96 valence electrons. The van der Waals surface area contributed by atoms with Gasteiger partial charge in [-0.1, -0.05) is 6.92 Å². The van der Waals surface area contributed by atoms with Crippen LogP contribution >= 0.6 is 0 Å². The summed E-state index contributed by atoms with van der Waals surface area (Å²) in [6.07, 6.45) is 3.25. The van der Waals surface area contributed by atoms with Crippen molar-refractivity contribution in [2.24, 2.45) is 5.92 Å². The number of aryl methyl sites for hydroxylation is 1. The fourth-order valence-electron chi connectivity index (χ4n) is 2.40. The van der Waals surface area contributed by atoms with Crippen LogP contribution in [0.25, 0.3) is 0 Å². The molecular formula is C11H19N3O2S. The van der Waals surface area contributed by atoms with Gasteiger partial charge in [0, 0.05) is 12.6 Å². The Labute approximate surface area is 102 Å². The van der Waals surface area contributed by atoms with Gasteiger partial charge in [0.15, 0.2) is 5.03 Å². The molecule has 6 heteroatoms. The number of nitrogens with one attached hydrogen (secondary N) is 1. The molecule has 1 aliphatic rings. The summed E-state index contributed by atoms with van der Waals surface area (Å²) in [4.78, 5) is 6.76. The fraction of sp³-hybridized carbons (Fsp3) is 0.727. The molecule has 2 heterocycles. The van der Waals surface area contributed by atoms with E-state index >= 15 is 0 Å². The van der Waals surface area contributed by atoms with Crippen LogP contribution in [0.4, 0.5) is 0 Å². The van der Waals surface area contributed by atoms with Gasteiger partial charge in [0.05, 0.1) is 6.20 Å². The van der Waals surface area contributed by atoms with E-state index in [1.54, 1.807) is 11.2 Å². The van der Waals surface area contributed by atoms with Crippen molar-refractivity contribution in [1.82, 2.24) is 14.3 Å². The summed E-state index contributed by atoms with van der Waals surface area (Å²) in [7, 11) is -3.40. The smallest absolute Gasteiger partial charge is 0.260 e. The third kappa shape index (κ3) is 2.37. The number of piperidine rings is 1. The average Bonchev–Trinajstić information content (AvgIpc) is 2.64. The highest BCUT2D eigenvalue weighted by Gasteiger charge is 2.34. The van der Waals surface area contributed by atoms with E-state index in [0.29, 0.717) is 18.3 Å². The normalized spacial score (nSPS) is 27.2. The van der Waals surface area contributed by atoms with E-state index in [1.807, 2.05) is 6.92 Å². The predicted octanol–water partition coefficient (Wildman–Crippen LogP) is 1.53. The molecule has 1 aromatic rings. The molecule has 1 aromatic heterocycles. The molecule has 0 saturated carbocycles. The molecule has 0 bridgehead atoms. The molecule has 0 amide bonds. The Bertz CT molecular complexity index is 495. The van der Waals surface area contributed by atoms with Gasteiger partial charge in [-0.05, 0) is 32.6 Å². The van der Waals surface area contributed by atoms with Crippen LogP contribution in [0.15, 0.2) is 11.2 Å². The van der Waals surface area contributed by atoms with Crippen LogP contribution < -0.4 is 0 Å². The van der Waals surface area contributed by atoms with E-state index in [1.165, 1.54) is 6.20 Å². The second kappa shape index (κ2) is 4.42. The lowest BCUT2D eigenvalue weighted by molar-refractivity contribution is 0.219. The highest BCUT2D eigenvalue weighted by atomic mass is 32.2. The monoisotopic (exact) mass is 257 g/mol. The zero-order chi connectivity index (χ0) is 12.6. The maximum atomic E-state index is 12.4. The van der Waals surface area contributed by atoms with Crippen molar-refractivity contribution in [1.29, 1.82) is 0 Å². The zero-order valence-electron chi connectivity index (χ0n) is 10.5. The number of H-pyrrole nitrogens is 1. The second-order valence-corrected chi connectivity index (χ2v) is 6.79. The molecule has 0 radical (unpaired) electrons. The van der Waals surface area contributed by atoms with Crippen LogP contribution in [0.5, 0.6) is 0 Å². The van der Waals surface area contributed by atoms with E-state index in [9.17, 15) is 8.42 Å². The SMILES string of the molecule is Cc1ncc(S(=O)(=O)N2CCC(C)CC2C)[nH]1. The molecule has 17 heavy (non-hydrogen) atoms. The number of aromatic amines is 1. The molecular weight excluding hydrogens is 238 g/mol. The Kier molecular flexibility index (Phi) is 3.27. The van der Waals surface area contributed by atoms with Gasteiger partial charge in [0.1, 0.15) is 5.82 Å². The van der Waals surface area contributed by atoms with Crippen LogP contribution in [0, 0.1) is 12.8 Å². The Morgan fingerprint density at radius 2 is 2.18 bits per heavy atom. The maximum Gasteiger partial charge on any atom is 0.260 e. The average molecular weight is 257 g/mol. The van der Waals surface area contributed by atoms with Crippen LogP contribution in [-0.2, 0) is 10.0 Å². The van der Waals surface area contributed by atoms with E-state index in [2.05, 4.69) is 16.9 Å². The first-order valence-corrected chi connectivity index (χ1v) is 7.38. The standard InChI is InChI=1S/C11H19N3O2S/c1-8-4-5-14(9(2)6-8)17(15,16)11-7-12-10(3)13-11/h7-9H,4-6H2,1-3H3,(H,12,13). The van der Waals surface area contributed by atoms with Crippen molar-refractivity contribution in [3.8, 4) is 0 Å². The van der Waals surface area contributed by atoms with Gasteiger partial charge in [0.25, 0.3) is 10.0 Å². The first-order chi connectivity index (χ1) is 7.91. The van der Waals surface area contributed by atoms with Gasteiger partial charge >= 0.3 is 0 Å². The minimum Gasteiger partial charge on any atom is -0.332 e. The molecule has 1 saturated heterocycles. The van der Waals surface area contributed by atoms with E-state index in [-0.39, 0.29) is 11.1 Å². The quantitative estimate of drug-likeness (QED) is 0.873. The first kappa shape index (κ1) is 12.6. The molecule has 5 nitrogen and oxygen atoms in total. The minimum atomic E-state index is -3.40. The van der Waals surface area contributed by atoms with Crippen molar-refractivity contribution < 1.29 is 8.42 Å². The van der Waals surface area contributed by atoms with Crippen molar-refractivity contribution in [2.75, 3.05) is 6.54 Å². The molecule has 1 aliphatic heterocycles. The Morgan fingerprint density at radius 3 is 2.71 bits per heavy atom. The van der Waals surface area contributed by atoms with Crippen molar-refractivity contribution in [2.45, 2.75) is 44.7 Å². The fourth-order valence-corrected chi connectivity index (χ4v) is 4.02. The third-order valence-corrected chi connectivity index (χ3v) is 5.27. The van der Waals surface area contributed by atoms with Gasteiger partial charge in [-0.3, -0.25) is 0 Å². The van der Waals surface area contributed by atoms with Crippen LogP contribution in [0.3, 0.4) is 0 Å². The summed E-state index contributed by atoms with van der Waals surface area (Å²) in [5.41, 5.74) is 0. The highest BCUT2D eigenvalue weighted by Crippen LogP contribution is 2.27. The molecule has 1 fully saturated rings. The van der Waals surface area contributed by atoms with Crippen molar-refractivity contribution >= 4 is 10.0 Å². The molecule has 1 N–H and O–H groups in total. The van der Waals surface area contributed by atoms with Crippen LogP contribution in [-0.4, -0.2) is 35.3 Å². The highest BCUT2D eigenvalue weighted by molar-refractivity contribution is 7.89. The van der Waals surface area contributed by atoms with Gasteiger partial charge in [0.2, 0.25) is 0 Å². The van der Waals surface area contributed by atoms with Gasteiger partial charge in [-0.25, -0.2) is 13.4 Å². The van der Waals surface area contributed by atoms with Gasteiger partial charge < -0.3 is 4.98 Å². The number of aromatic nitrogens is 2. The Balaban J connectivity index is 2.27. The van der Waals surface area contributed by atoms with Gasteiger partial charge in [-0.2, -0.15) is 4.31 Å². The Morgan fingerprint density at radius 1 is 1.47 bits per heavy atom. The number of rotatable bonds is 2. The minimum absolute atomic E-state index is 0.0624. The molecule has 2 unspecified atom stereocenters. The summed E-state index contributed by atoms with van der Waals surface area (Å²) >= 11 is 0. The maximum absolute atomic E-state index is 12.4. The number of imidazole rings is 1. The molecule has 2 rings (SSSR count). The second-order valence-electron chi connectivity index (χ2n) is 4.93. The molecule has 0 spiro atoms. The lowest BCUT2D eigenvalue weighted by Gasteiger charge is -2.34. The summed E-state index contributed by atoms with van der Waals surface area (Å²) in [6, 6.07) is 0.0624. The van der Waals surface area contributed by atoms with Gasteiger partial charge in [-0.15, -0.1) is 0 Å². The zero-order valence-corrected chi connectivity index (χ0v) is 11.3. The summed E-state index contributed by atoms with van der Waals surface area (Å²) in [5, 5.41) is 0.205. The van der Waals surface area contributed by atoms with Crippen molar-refractivity contribution in [3.05, 3.63) is 12.0 Å². The number of hydrogen-bond acceptors (Lipinski definition) is 3. The van der Waals surface area contributed by atoms with Crippen LogP contribution in [0.1, 0.15) is 32.5 Å². The van der Waals surface area contributed by atoms with E-state index < -0.39 is 10.0 Å². The number of sulfonamides is 1. The molecule has 0 aromatic carbocycles. The van der Waals surface area contributed by atoms with E-state index in [0.717, 1.165) is 12.8 Å². The Hall–Kier alpha value is -0.880. The number of hydrogen-bond donors (Lipinski definition) is 1. The van der Waals surface area contributed by atoms with Crippen LogP contribution in [0.2, 0.25) is 0 Å². The summed E-state index contributed by atoms with van der Waals surface area (Å²) < 4.78 is 26.3. The number of nitrogens with zero attached hydrogens (tertiary/aromatic N) is 2. The molecule has 2 atom stereocenters. The predicted molar refractivity (Wildman–Crippen MR) is 65.1 cm³/mol.